The number of aromatic nitrogens is 3. The minimum atomic E-state index is 1.14. The van der Waals surface area contributed by atoms with Crippen molar-refractivity contribution >= 4 is 43.6 Å². The predicted molar refractivity (Wildman–Crippen MR) is 255 cm³/mol. The Labute approximate surface area is 353 Å². The molecule has 284 valence electrons. The topological polar surface area (TPSA) is 14.8 Å². The fraction of sp³-hybridized carbons (Fsp3) is 0. The maximum Gasteiger partial charge on any atom is 0.0626 e. The van der Waals surface area contributed by atoms with Crippen molar-refractivity contribution in [1.82, 2.24) is 13.7 Å². The van der Waals surface area contributed by atoms with Crippen molar-refractivity contribution in [2.45, 2.75) is 0 Å². The molecule has 3 heterocycles. The molecule has 0 aliphatic heterocycles. The van der Waals surface area contributed by atoms with Gasteiger partial charge in [-0.25, -0.2) is 0 Å². The molecule has 1 aliphatic rings. The molecule has 12 aromatic rings. The molecule has 0 amide bonds. The highest BCUT2D eigenvalue weighted by Gasteiger charge is 2.32. The van der Waals surface area contributed by atoms with Crippen molar-refractivity contribution in [2.24, 2.45) is 0 Å². The average Bonchev–Trinajstić information content (AvgIpc) is 3.97. The molecule has 3 nitrogen and oxygen atoms in total. The fourth-order valence-corrected chi connectivity index (χ4v) is 10.3. The standard InChI is InChI=1S/C58H37N3/c1-4-18-40(19-5-1)59-51-29-15-12-24-43(51)49-36-39(33-35-54(49)59)38-32-34-44-50(37-38)56-48-28-14-17-31-53(48)61(42-22-8-3-9-23-42)58(56)46-26-11-10-25-45(46)57-55(44)47-27-13-16-30-52(47)60(57)41-20-6-2-7-21-41/h1-37H. The quantitative estimate of drug-likeness (QED) is 0.169. The molecule has 1 aliphatic carbocycles. The third-order valence-corrected chi connectivity index (χ3v) is 12.8. The minimum absolute atomic E-state index is 1.14. The number of rotatable bonds is 4. The first kappa shape index (κ1) is 33.8. The number of benzene rings is 9. The molecule has 0 saturated carbocycles. The summed E-state index contributed by atoms with van der Waals surface area (Å²) in [6.07, 6.45) is 0. The van der Waals surface area contributed by atoms with Gasteiger partial charge in [0.15, 0.2) is 0 Å². The third-order valence-electron chi connectivity index (χ3n) is 12.8. The van der Waals surface area contributed by atoms with Gasteiger partial charge in [0.05, 0.1) is 33.5 Å². The second-order valence-electron chi connectivity index (χ2n) is 16.0. The van der Waals surface area contributed by atoms with Crippen molar-refractivity contribution < 1.29 is 0 Å². The Bertz CT molecular complexity index is 3680. The molecule has 0 unspecified atom stereocenters. The average molecular weight is 776 g/mol. The van der Waals surface area contributed by atoms with Gasteiger partial charge in [0, 0.05) is 60.9 Å². The highest BCUT2D eigenvalue weighted by molar-refractivity contribution is 6.18. The van der Waals surface area contributed by atoms with Crippen LogP contribution in [0.2, 0.25) is 0 Å². The van der Waals surface area contributed by atoms with Gasteiger partial charge < -0.3 is 13.7 Å². The van der Waals surface area contributed by atoms with Gasteiger partial charge in [-0.05, 0) is 95.1 Å². The maximum absolute atomic E-state index is 2.49. The van der Waals surface area contributed by atoms with E-state index in [1.165, 1.54) is 99.5 Å². The SMILES string of the molecule is c1ccc(-n2c3c(c4ccccc42)-c2ccc(-c4ccc5c(c4)c4ccccc4n5-c4ccccc4)cc2-c2c(n(-c4ccccc4)c4ccccc24)-c2ccccc2-3)cc1. The molecule has 61 heavy (non-hydrogen) atoms. The Morgan fingerprint density at radius 2 is 0.623 bits per heavy atom. The summed E-state index contributed by atoms with van der Waals surface area (Å²) in [5, 5.41) is 4.95. The number of hydrogen-bond donors (Lipinski definition) is 0. The van der Waals surface area contributed by atoms with E-state index in [9.17, 15) is 0 Å². The van der Waals surface area contributed by atoms with Gasteiger partial charge in [-0.2, -0.15) is 0 Å². The van der Waals surface area contributed by atoms with Gasteiger partial charge in [-0.1, -0.05) is 152 Å². The largest absolute Gasteiger partial charge is 0.309 e. The van der Waals surface area contributed by atoms with Crippen LogP contribution in [0, 0.1) is 0 Å². The first-order chi connectivity index (χ1) is 30.3. The summed E-state index contributed by atoms with van der Waals surface area (Å²) in [4.78, 5) is 0. The lowest BCUT2D eigenvalue weighted by molar-refractivity contribution is 1.12. The smallest absolute Gasteiger partial charge is 0.0626 e. The highest BCUT2D eigenvalue weighted by Crippen LogP contribution is 2.55. The van der Waals surface area contributed by atoms with Crippen LogP contribution in [0.5, 0.6) is 0 Å². The Kier molecular flexibility index (Phi) is 7.31. The van der Waals surface area contributed by atoms with E-state index in [1.807, 2.05) is 0 Å². The first-order valence-corrected chi connectivity index (χ1v) is 21.0. The zero-order chi connectivity index (χ0) is 40.0. The second-order valence-corrected chi connectivity index (χ2v) is 16.0. The summed E-state index contributed by atoms with van der Waals surface area (Å²) >= 11 is 0. The van der Waals surface area contributed by atoms with Crippen LogP contribution in [0.15, 0.2) is 224 Å². The fourth-order valence-electron chi connectivity index (χ4n) is 10.3. The minimum Gasteiger partial charge on any atom is -0.309 e. The van der Waals surface area contributed by atoms with E-state index in [0.29, 0.717) is 0 Å². The second kappa shape index (κ2) is 13.2. The van der Waals surface area contributed by atoms with E-state index in [2.05, 4.69) is 238 Å². The van der Waals surface area contributed by atoms with Crippen LogP contribution >= 0.6 is 0 Å². The summed E-state index contributed by atoms with van der Waals surface area (Å²) < 4.78 is 7.37. The molecule has 0 spiro atoms. The number of hydrogen-bond acceptors (Lipinski definition) is 0. The molecule has 0 saturated heterocycles. The normalized spacial score (nSPS) is 11.9. The summed E-state index contributed by atoms with van der Waals surface area (Å²) in [7, 11) is 0. The van der Waals surface area contributed by atoms with Gasteiger partial charge in [0.25, 0.3) is 0 Å². The van der Waals surface area contributed by atoms with Crippen molar-refractivity contribution in [3.05, 3.63) is 224 Å². The molecule has 0 atom stereocenters. The van der Waals surface area contributed by atoms with E-state index in [-0.39, 0.29) is 0 Å². The summed E-state index contributed by atoms with van der Waals surface area (Å²) in [6, 6.07) is 82.4. The maximum atomic E-state index is 2.49. The van der Waals surface area contributed by atoms with Crippen molar-refractivity contribution in [2.75, 3.05) is 0 Å². The zero-order valence-electron chi connectivity index (χ0n) is 33.2. The van der Waals surface area contributed by atoms with Gasteiger partial charge in [0.2, 0.25) is 0 Å². The van der Waals surface area contributed by atoms with E-state index in [4.69, 9.17) is 0 Å². The van der Waals surface area contributed by atoms with Crippen LogP contribution < -0.4 is 0 Å². The number of para-hydroxylation sites is 6. The monoisotopic (exact) mass is 775 g/mol. The Morgan fingerprint density at radius 1 is 0.230 bits per heavy atom. The number of fused-ring (bicyclic) bond motifs is 15. The molecule has 3 aromatic heterocycles. The molecule has 0 radical (unpaired) electrons. The molecule has 3 heteroatoms. The third kappa shape index (κ3) is 4.92. The molecule has 0 N–H and O–H groups in total. The van der Waals surface area contributed by atoms with E-state index < -0.39 is 0 Å². The lowest BCUT2D eigenvalue weighted by Gasteiger charge is -2.23. The summed E-state index contributed by atoms with van der Waals surface area (Å²) in [6.45, 7) is 0. The van der Waals surface area contributed by atoms with E-state index in [1.54, 1.807) is 0 Å². The molecular weight excluding hydrogens is 739 g/mol. The lowest BCUT2D eigenvalue weighted by atomic mass is 9.83. The number of nitrogens with zero attached hydrogens (tertiary/aromatic N) is 3. The van der Waals surface area contributed by atoms with Gasteiger partial charge in [-0.15, -0.1) is 0 Å². The van der Waals surface area contributed by atoms with Crippen LogP contribution in [-0.4, -0.2) is 13.7 Å². The van der Waals surface area contributed by atoms with Crippen molar-refractivity contribution in [3.8, 4) is 73.0 Å². The molecule has 9 aromatic carbocycles. The van der Waals surface area contributed by atoms with Crippen LogP contribution in [0.3, 0.4) is 0 Å². The Hall–Kier alpha value is -8.14. The first-order valence-electron chi connectivity index (χ1n) is 21.0. The van der Waals surface area contributed by atoms with Gasteiger partial charge >= 0.3 is 0 Å². The van der Waals surface area contributed by atoms with Gasteiger partial charge in [-0.3, -0.25) is 0 Å². The van der Waals surface area contributed by atoms with Crippen LogP contribution in [-0.2, 0) is 0 Å². The van der Waals surface area contributed by atoms with E-state index in [0.717, 1.165) is 17.1 Å². The summed E-state index contributed by atoms with van der Waals surface area (Å²) in [5.41, 5.74) is 20.3. The molecule has 0 bridgehead atoms. The van der Waals surface area contributed by atoms with Crippen LogP contribution in [0.1, 0.15) is 0 Å². The van der Waals surface area contributed by atoms with Crippen molar-refractivity contribution in [1.29, 1.82) is 0 Å². The highest BCUT2D eigenvalue weighted by atomic mass is 15.0. The van der Waals surface area contributed by atoms with E-state index >= 15 is 0 Å². The van der Waals surface area contributed by atoms with Crippen LogP contribution in [0.4, 0.5) is 0 Å². The predicted octanol–water partition coefficient (Wildman–Crippen LogP) is 15.3. The van der Waals surface area contributed by atoms with Crippen molar-refractivity contribution in [3.63, 3.8) is 0 Å². The molecule has 0 fully saturated rings. The zero-order valence-corrected chi connectivity index (χ0v) is 33.2. The Balaban J connectivity index is 1.17. The molecular formula is C58H37N3. The van der Waals surface area contributed by atoms with Gasteiger partial charge in [0.1, 0.15) is 0 Å². The lowest BCUT2D eigenvalue weighted by Crippen LogP contribution is -2.04. The summed E-state index contributed by atoms with van der Waals surface area (Å²) in [5.74, 6) is 0. The van der Waals surface area contributed by atoms with Crippen LogP contribution in [0.25, 0.3) is 117 Å². The molecule has 13 rings (SSSR count). The Morgan fingerprint density at radius 3 is 1.18 bits per heavy atom.